The van der Waals surface area contributed by atoms with Gasteiger partial charge in [0.25, 0.3) is 0 Å². The summed E-state index contributed by atoms with van der Waals surface area (Å²) in [6, 6.07) is 1.89. The summed E-state index contributed by atoms with van der Waals surface area (Å²) < 4.78 is 1.80. The summed E-state index contributed by atoms with van der Waals surface area (Å²) >= 11 is 0. The van der Waals surface area contributed by atoms with Crippen LogP contribution in [0.2, 0.25) is 0 Å². The van der Waals surface area contributed by atoms with Gasteiger partial charge in [-0.3, -0.25) is 9.48 Å². The molecule has 2 saturated heterocycles. The third-order valence-corrected chi connectivity index (χ3v) is 5.23. The molecule has 3 heterocycles. The molecule has 0 radical (unpaired) electrons. The Kier molecular flexibility index (Phi) is 4.28. The van der Waals surface area contributed by atoms with Crippen molar-refractivity contribution < 1.29 is 9.59 Å². The van der Waals surface area contributed by atoms with Crippen LogP contribution in [0.4, 0.5) is 4.79 Å². The van der Waals surface area contributed by atoms with E-state index < -0.39 is 0 Å². The lowest BCUT2D eigenvalue weighted by molar-refractivity contribution is -0.119. The molecule has 0 unspecified atom stereocenters. The van der Waals surface area contributed by atoms with Crippen molar-refractivity contribution in [1.29, 1.82) is 0 Å². The van der Waals surface area contributed by atoms with Gasteiger partial charge in [0, 0.05) is 39.3 Å². The maximum Gasteiger partial charge on any atom is 0.317 e. The van der Waals surface area contributed by atoms with Crippen molar-refractivity contribution in [2.24, 2.45) is 12.5 Å². The van der Waals surface area contributed by atoms with Crippen molar-refractivity contribution in [3.8, 4) is 0 Å². The predicted molar refractivity (Wildman–Crippen MR) is 85.6 cm³/mol. The van der Waals surface area contributed by atoms with Crippen LogP contribution >= 0.6 is 0 Å². The van der Waals surface area contributed by atoms with E-state index in [-0.39, 0.29) is 23.4 Å². The van der Waals surface area contributed by atoms with Gasteiger partial charge in [0.15, 0.2) is 0 Å². The fourth-order valence-corrected chi connectivity index (χ4v) is 3.64. The Morgan fingerprint density at radius 1 is 1.48 bits per heavy atom. The number of likely N-dealkylation sites (tertiary alicyclic amines) is 1. The van der Waals surface area contributed by atoms with Gasteiger partial charge in [-0.2, -0.15) is 5.10 Å². The number of aromatic nitrogens is 2. The Balaban J connectivity index is 1.57. The fourth-order valence-electron chi connectivity index (χ4n) is 3.64. The van der Waals surface area contributed by atoms with Crippen LogP contribution in [-0.2, 0) is 11.8 Å². The number of piperidine rings is 1. The lowest BCUT2D eigenvalue weighted by atomic mass is 9.78. The Morgan fingerprint density at radius 2 is 2.22 bits per heavy atom. The van der Waals surface area contributed by atoms with Gasteiger partial charge in [0.05, 0.1) is 11.7 Å². The van der Waals surface area contributed by atoms with Gasteiger partial charge in [-0.05, 0) is 30.7 Å². The maximum atomic E-state index is 12.5. The molecule has 1 aromatic heterocycles. The van der Waals surface area contributed by atoms with E-state index in [1.807, 2.05) is 18.0 Å². The van der Waals surface area contributed by atoms with Crippen LogP contribution in [-0.4, -0.2) is 46.3 Å². The highest BCUT2D eigenvalue weighted by molar-refractivity contribution is 5.79. The summed E-state index contributed by atoms with van der Waals surface area (Å²) in [4.78, 5) is 25.9. The molecule has 1 aromatic rings. The topological polar surface area (TPSA) is 79.3 Å². The quantitative estimate of drug-likeness (QED) is 0.878. The van der Waals surface area contributed by atoms with Crippen molar-refractivity contribution in [2.75, 3.05) is 19.6 Å². The molecule has 2 aliphatic heterocycles. The molecule has 0 bridgehead atoms. The molecule has 0 aliphatic carbocycles. The Morgan fingerprint density at radius 3 is 2.74 bits per heavy atom. The molecule has 1 atom stereocenters. The monoisotopic (exact) mass is 319 g/mol. The first-order chi connectivity index (χ1) is 11.0. The van der Waals surface area contributed by atoms with Gasteiger partial charge < -0.3 is 15.5 Å². The second-order valence-electron chi connectivity index (χ2n) is 6.73. The molecular formula is C16H25N5O2. The van der Waals surface area contributed by atoms with E-state index in [0.29, 0.717) is 19.5 Å². The SMILES string of the molecule is CC[C@H](NC(=O)N1CCC2(CC1)CNC(=O)C2)c1ccnn1C. The van der Waals surface area contributed by atoms with E-state index in [2.05, 4.69) is 22.7 Å². The second-order valence-corrected chi connectivity index (χ2v) is 6.73. The minimum Gasteiger partial charge on any atom is -0.356 e. The molecule has 1 spiro atoms. The summed E-state index contributed by atoms with van der Waals surface area (Å²) in [5.74, 6) is 0.144. The number of carbonyl (C=O) groups excluding carboxylic acids is 2. The van der Waals surface area contributed by atoms with E-state index in [0.717, 1.165) is 31.5 Å². The number of carbonyl (C=O) groups is 2. The molecule has 0 aromatic carbocycles. The average Bonchev–Trinajstić information content (AvgIpc) is 3.12. The lowest BCUT2D eigenvalue weighted by Gasteiger charge is -2.38. The highest BCUT2D eigenvalue weighted by Gasteiger charge is 2.41. The predicted octanol–water partition coefficient (Wildman–Crippen LogP) is 1.18. The first kappa shape index (κ1) is 15.8. The van der Waals surface area contributed by atoms with Crippen LogP contribution in [0, 0.1) is 5.41 Å². The fraction of sp³-hybridized carbons (Fsp3) is 0.688. The van der Waals surface area contributed by atoms with Gasteiger partial charge in [-0.25, -0.2) is 4.79 Å². The van der Waals surface area contributed by atoms with Gasteiger partial charge in [0.1, 0.15) is 0 Å². The van der Waals surface area contributed by atoms with Crippen LogP contribution in [0.25, 0.3) is 0 Å². The van der Waals surface area contributed by atoms with E-state index in [4.69, 9.17) is 0 Å². The van der Waals surface area contributed by atoms with Crippen molar-refractivity contribution in [2.45, 2.75) is 38.6 Å². The van der Waals surface area contributed by atoms with E-state index in [1.165, 1.54) is 0 Å². The van der Waals surface area contributed by atoms with Crippen LogP contribution in [0.1, 0.15) is 44.3 Å². The number of amides is 3. The molecule has 126 valence electrons. The molecule has 0 saturated carbocycles. The molecule has 3 rings (SSSR count). The summed E-state index contributed by atoms with van der Waals surface area (Å²) in [6.45, 7) is 4.23. The molecule has 7 heteroatoms. The Labute approximate surface area is 136 Å². The van der Waals surface area contributed by atoms with E-state index >= 15 is 0 Å². The maximum absolute atomic E-state index is 12.5. The standard InChI is InChI=1S/C16H25N5O2/c1-3-12(13-4-7-18-20(13)2)19-15(23)21-8-5-16(6-9-21)10-14(22)17-11-16/h4,7,12H,3,5-6,8-11H2,1-2H3,(H,17,22)(H,19,23)/t12-/m0/s1. The van der Waals surface area contributed by atoms with E-state index in [1.54, 1.807) is 10.9 Å². The zero-order valence-electron chi connectivity index (χ0n) is 13.8. The third-order valence-electron chi connectivity index (χ3n) is 5.23. The number of nitrogens with zero attached hydrogens (tertiary/aromatic N) is 3. The third kappa shape index (κ3) is 3.18. The summed E-state index contributed by atoms with van der Waals surface area (Å²) in [7, 11) is 1.89. The van der Waals surface area contributed by atoms with Gasteiger partial charge >= 0.3 is 6.03 Å². The largest absolute Gasteiger partial charge is 0.356 e. The van der Waals surface area contributed by atoms with Gasteiger partial charge in [-0.1, -0.05) is 6.92 Å². The van der Waals surface area contributed by atoms with Crippen molar-refractivity contribution in [3.05, 3.63) is 18.0 Å². The van der Waals surface area contributed by atoms with Gasteiger partial charge in [-0.15, -0.1) is 0 Å². The lowest BCUT2D eigenvalue weighted by Crippen LogP contribution is -2.48. The van der Waals surface area contributed by atoms with E-state index in [9.17, 15) is 9.59 Å². The van der Waals surface area contributed by atoms with Crippen molar-refractivity contribution in [3.63, 3.8) is 0 Å². The number of hydrogen-bond acceptors (Lipinski definition) is 3. The molecule has 23 heavy (non-hydrogen) atoms. The normalized spacial score (nSPS) is 21.3. The van der Waals surface area contributed by atoms with Crippen LogP contribution in [0.5, 0.6) is 0 Å². The number of urea groups is 1. The van der Waals surface area contributed by atoms with Crippen LogP contribution in [0.15, 0.2) is 12.3 Å². The summed E-state index contributed by atoms with van der Waals surface area (Å²) in [5.41, 5.74) is 1.08. The average molecular weight is 319 g/mol. The van der Waals surface area contributed by atoms with Crippen LogP contribution in [0.3, 0.4) is 0 Å². The first-order valence-corrected chi connectivity index (χ1v) is 8.33. The number of nitrogens with one attached hydrogen (secondary N) is 2. The first-order valence-electron chi connectivity index (χ1n) is 8.33. The number of aryl methyl sites for hydroxylation is 1. The van der Waals surface area contributed by atoms with Gasteiger partial charge in [0.2, 0.25) is 5.91 Å². The minimum absolute atomic E-state index is 0.0230. The van der Waals surface area contributed by atoms with Crippen molar-refractivity contribution >= 4 is 11.9 Å². The van der Waals surface area contributed by atoms with Crippen molar-refractivity contribution in [1.82, 2.24) is 25.3 Å². The molecular weight excluding hydrogens is 294 g/mol. The molecule has 2 N–H and O–H groups in total. The Bertz CT molecular complexity index is 589. The van der Waals surface area contributed by atoms with Crippen LogP contribution < -0.4 is 10.6 Å². The highest BCUT2D eigenvalue weighted by atomic mass is 16.2. The highest BCUT2D eigenvalue weighted by Crippen LogP contribution is 2.37. The number of hydrogen-bond donors (Lipinski definition) is 2. The number of rotatable bonds is 3. The smallest absolute Gasteiger partial charge is 0.317 e. The summed E-state index contributed by atoms with van der Waals surface area (Å²) in [5, 5.41) is 10.2. The Hall–Kier alpha value is -2.05. The zero-order valence-corrected chi connectivity index (χ0v) is 13.8. The second kappa shape index (κ2) is 6.22. The molecule has 2 fully saturated rings. The summed E-state index contributed by atoms with van der Waals surface area (Å²) in [6.07, 6.45) is 4.96. The molecule has 3 amide bonds. The zero-order chi connectivity index (χ0) is 16.4. The molecule has 7 nitrogen and oxygen atoms in total. The molecule has 2 aliphatic rings. The minimum atomic E-state index is -0.0272.